The molecule has 0 saturated heterocycles. The van der Waals surface area contributed by atoms with Crippen LogP contribution < -0.4 is 9.46 Å². The number of benzene rings is 2. The molecular formula is C29H32N2O5S. The van der Waals surface area contributed by atoms with Gasteiger partial charge in [0.05, 0.1) is 24.6 Å². The lowest BCUT2D eigenvalue weighted by molar-refractivity contribution is -0.105. The highest BCUT2D eigenvalue weighted by Crippen LogP contribution is 2.46. The summed E-state index contributed by atoms with van der Waals surface area (Å²) in [7, 11) is -2.14. The van der Waals surface area contributed by atoms with Gasteiger partial charge in [-0.3, -0.25) is 9.59 Å². The molecule has 1 fully saturated rings. The van der Waals surface area contributed by atoms with Crippen LogP contribution in [0, 0.1) is 0 Å². The van der Waals surface area contributed by atoms with E-state index < -0.39 is 21.2 Å². The summed E-state index contributed by atoms with van der Waals surface area (Å²) < 4.78 is 34.5. The number of nitrogens with zero attached hydrogens (tertiary/aromatic N) is 1. The molecule has 0 spiro atoms. The topological polar surface area (TPSA) is 94.5 Å². The Morgan fingerprint density at radius 3 is 2.54 bits per heavy atom. The van der Waals surface area contributed by atoms with Gasteiger partial charge in [-0.1, -0.05) is 25.3 Å². The van der Waals surface area contributed by atoms with Gasteiger partial charge in [-0.25, -0.2) is 13.1 Å². The highest BCUT2D eigenvalue weighted by atomic mass is 32.2. The summed E-state index contributed by atoms with van der Waals surface area (Å²) in [5.41, 5.74) is 5.93. The Kier molecular flexibility index (Phi) is 6.70. The standard InChI is InChI=1S/C29H32N2O5S/c1-18(2)37(34,35)30-29(33)21-9-11-25-26(15-21)31-16-19(17-32)13-22-14-23(36-3)10-12-24(22)28(31)27(25)20-7-5-4-6-8-20/h9-15,17-18,20H,4-8,16H2,1-3H3,(H,30,33). The third kappa shape index (κ3) is 4.59. The van der Waals surface area contributed by atoms with E-state index in [1.807, 2.05) is 30.3 Å². The first kappa shape index (κ1) is 25.3. The van der Waals surface area contributed by atoms with Crippen molar-refractivity contribution in [1.82, 2.24) is 9.29 Å². The average Bonchev–Trinajstić information content (AvgIpc) is 3.11. The van der Waals surface area contributed by atoms with E-state index in [1.54, 1.807) is 19.2 Å². The Bertz CT molecular complexity index is 1530. The van der Waals surface area contributed by atoms with Crippen molar-refractivity contribution in [2.24, 2.45) is 0 Å². The molecule has 5 rings (SSSR count). The zero-order valence-electron chi connectivity index (χ0n) is 21.4. The lowest BCUT2D eigenvalue weighted by atomic mass is 9.81. The number of methoxy groups -OCH3 is 1. The van der Waals surface area contributed by atoms with Crippen LogP contribution in [0.25, 0.3) is 28.2 Å². The van der Waals surface area contributed by atoms with Crippen molar-refractivity contribution < 1.29 is 22.7 Å². The number of rotatable bonds is 6. The average molecular weight is 521 g/mol. The number of hydrogen-bond donors (Lipinski definition) is 1. The first-order valence-corrected chi connectivity index (χ1v) is 14.3. The largest absolute Gasteiger partial charge is 0.497 e. The van der Waals surface area contributed by atoms with Gasteiger partial charge in [0, 0.05) is 27.6 Å². The Labute approximate surface area is 217 Å². The number of amides is 1. The highest BCUT2D eigenvalue weighted by molar-refractivity contribution is 7.90. The van der Waals surface area contributed by atoms with Gasteiger partial charge < -0.3 is 9.30 Å². The molecule has 0 radical (unpaired) electrons. The zero-order chi connectivity index (χ0) is 26.3. The zero-order valence-corrected chi connectivity index (χ0v) is 22.2. The lowest BCUT2D eigenvalue weighted by Crippen LogP contribution is -2.35. The van der Waals surface area contributed by atoms with Gasteiger partial charge in [0.2, 0.25) is 10.0 Å². The molecule has 1 amide bonds. The van der Waals surface area contributed by atoms with Gasteiger partial charge in [-0.2, -0.15) is 0 Å². The summed E-state index contributed by atoms with van der Waals surface area (Å²) in [6.07, 6.45) is 8.50. The fourth-order valence-electron chi connectivity index (χ4n) is 5.58. The molecule has 7 nitrogen and oxygen atoms in total. The number of sulfonamides is 1. The lowest BCUT2D eigenvalue weighted by Gasteiger charge is -2.24. The molecular weight excluding hydrogens is 488 g/mol. The predicted octanol–water partition coefficient (Wildman–Crippen LogP) is 5.43. The molecule has 1 aliphatic carbocycles. The smallest absolute Gasteiger partial charge is 0.264 e. The number of carbonyl (C=O) groups excluding carboxylic acids is 2. The summed E-state index contributed by atoms with van der Waals surface area (Å²) in [5, 5.41) is 0.315. The number of nitrogens with one attached hydrogen (secondary N) is 1. The summed E-state index contributed by atoms with van der Waals surface area (Å²) in [5.74, 6) is 0.422. The van der Waals surface area contributed by atoms with Gasteiger partial charge in [0.1, 0.15) is 12.0 Å². The minimum Gasteiger partial charge on any atom is -0.497 e. The van der Waals surface area contributed by atoms with Gasteiger partial charge in [0.25, 0.3) is 5.91 Å². The molecule has 1 aromatic heterocycles. The van der Waals surface area contributed by atoms with Crippen LogP contribution in [-0.2, 0) is 21.4 Å². The van der Waals surface area contributed by atoms with Crippen LogP contribution in [-0.4, -0.2) is 37.5 Å². The monoisotopic (exact) mass is 520 g/mol. The van der Waals surface area contributed by atoms with Crippen molar-refractivity contribution in [3.05, 3.63) is 58.7 Å². The molecule has 2 aromatic carbocycles. The molecule has 1 N–H and O–H groups in total. The summed E-state index contributed by atoms with van der Waals surface area (Å²) >= 11 is 0. The van der Waals surface area contributed by atoms with E-state index in [1.165, 1.54) is 25.8 Å². The van der Waals surface area contributed by atoms with E-state index >= 15 is 0 Å². The van der Waals surface area contributed by atoms with Crippen molar-refractivity contribution in [2.45, 2.75) is 63.7 Å². The molecule has 2 heterocycles. The first-order chi connectivity index (χ1) is 17.7. The quantitative estimate of drug-likeness (QED) is 0.438. The maximum atomic E-state index is 13.0. The minimum absolute atomic E-state index is 0.267. The number of aromatic nitrogens is 1. The van der Waals surface area contributed by atoms with Crippen LogP contribution in [0.4, 0.5) is 0 Å². The molecule has 1 aliphatic heterocycles. The maximum Gasteiger partial charge on any atom is 0.264 e. The van der Waals surface area contributed by atoms with Crippen LogP contribution in [0.15, 0.2) is 42.0 Å². The third-order valence-electron chi connectivity index (χ3n) is 7.58. The van der Waals surface area contributed by atoms with Gasteiger partial charge >= 0.3 is 0 Å². The minimum atomic E-state index is -3.77. The number of allylic oxidation sites excluding steroid dienone is 1. The Morgan fingerprint density at radius 2 is 1.86 bits per heavy atom. The van der Waals surface area contributed by atoms with Crippen molar-refractivity contribution in [3.63, 3.8) is 0 Å². The molecule has 3 aromatic rings. The van der Waals surface area contributed by atoms with Crippen molar-refractivity contribution in [2.75, 3.05) is 7.11 Å². The molecule has 0 unspecified atom stereocenters. The van der Waals surface area contributed by atoms with Crippen molar-refractivity contribution in [1.29, 1.82) is 0 Å². The summed E-state index contributed by atoms with van der Waals surface area (Å²) in [4.78, 5) is 25.0. The van der Waals surface area contributed by atoms with Gasteiger partial charge in [-0.15, -0.1) is 0 Å². The van der Waals surface area contributed by atoms with Crippen molar-refractivity contribution in [3.8, 4) is 17.0 Å². The number of fused-ring (bicyclic) bond motifs is 5. The molecule has 0 bridgehead atoms. The van der Waals surface area contributed by atoms with E-state index in [4.69, 9.17) is 4.74 Å². The van der Waals surface area contributed by atoms with E-state index in [2.05, 4.69) is 9.29 Å². The second kappa shape index (κ2) is 9.82. The molecule has 8 heteroatoms. The van der Waals surface area contributed by atoms with Crippen LogP contribution in [0.5, 0.6) is 5.75 Å². The number of carbonyl (C=O) groups is 2. The Balaban J connectivity index is 1.75. The van der Waals surface area contributed by atoms with Crippen LogP contribution in [0.1, 0.15) is 73.4 Å². The molecule has 37 heavy (non-hydrogen) atoms. The van der Waals surface area contributed by atoms with E-state index in [-0.39, 0.29) is 5.56 Å². The second-order valence-corrected chi connectivity index (χ2v) is 12.5. The fraction of sp³-hybridized carbons (Fsp3) is 0.379. The van der Waals surface area contributed by atoms with Gasteiger partial charge in [-0.05, 0) is 80.1 Å². The normalized spacial score (nSPS) is 16.1. The molecule has 1 saturated carbocycles. The number of aldehydes is 1. The Hall–Kier alpha value is -3.39. The van der Waals surface area contributed by atoms with Crippen molar-refractivity contribution >= 4 is 39.2 Å². The highest BCUT2D eigenvalue weighted by Gasteiger charge is 2.30. The Morgan fingerprint density at radius 1 is 1.11 bits per heavy atom. The molecule has 2 aliphatic rings. The van der Waals surface area contributed by atoms with Crippen LogP contribution in [0.3, 0.4) is 0 Å². The maximum absolute atomic E-state index is 13.0. The summed E-state index contributed by atoms with van der Waals surface area (Å²) in [6, 6.07) is 11.3. The first-order valence-electron chi connectivity index (χ1n) is 12.8. The fourth-order valence-corrected chi connectivity index (χ4v) is 6.20. The van der Waals surface area contributed by atoms with E-state index in [0.29, 0.717) is 23.8 Å². The number of ether oxygens (including phenoxy) is 1. The third-order valence-corrected chi connectivity index (χ3v) is 9.29. The SMILES string of the molecule is COc1ccc2c(c1)C=C(C=O)Cn1c-2c(C2CCCCC2)c2ccc(C(=O)NS(=O)(=O)C(C)C)cc21. The van der Waals surface area contributed by atoms with Gasteiger partial charge in [0.15, 0.2) is 0 Å². The second-order valence-electron chi connectivity index (χ2n) is 10.2. The van der Waals surface area contributed by atoms with E-state index in [0.717, 1.165) is 59.7 Å². The van der Waals surface area contributed by atoms with Crippen LogP contribution >= 0.6 is 0 Å². The predicted molar refractivity (Wildman–Crippen MR) is 145 cm³/mol. The van der Waals surface area contributed by atoms with Crippen LogP contribution in [0.2, 0.25) is 0 Å². The van der Waals surface area contributed by atoms with E-state index in [9.17, 15) is 18.0 Å². The summed E-state index contributed by atoms with van der Waals surface area (Å²) in [6.45, 7) is 3.41. The molecule has 0 atom stereocenters. The number of hydrogen-bond acceptors (Lipinski definition) is 5. The molecule has 194 valence electrons.